The fraction of sp³-hybridized carbons (Fsp3) is 0.485. The fourth-order valence-corrected chi connectivity index (χ4v) is 7.75. The molecular formula is C33H38N2O7. The van der Waals surface area contributed by atoms with E-state index in [-0.39, 0.29) is 24.2 Å². The molecule has 2 aromatic carbocycles. The van der Waals surface area contributed by atoms with Crippen molar-refractivity contribution < 1.29 is 34.2 Å². The Bertz CT molecular complexity index is 1530. The lowest BCUT2D eigenvalue weighted by molar-refractivity contribution is -0.182. The van der Waals surface area contributed by atoms with Crippen molar-refractivity contribution in [1.29, 1.82) is 0 Å². The van der Waals surface area contributed by atoms with Crippen molar-refractivity contribution in [2.75, 3.05) is 14.1 Å². The molecule has 3 aliphatic rings. The van der Waals surface area contributed by atoms with Gasteiger partial charge in [0.25, 0.3) is 0 Å². The van der Waals surface area contributed by atoms with E-state index in [1.54, 1.807) is 19.9 Å². The molecule has 2 unspecified atom stereocenters. The minimum absolute atomic E-state index is 0.00377. The Balaban J connectivity index is 1.64. The summed E-state index contributed by atoms with van der Waals surface area (Å²) in [7, 11) is 3.98. The van der Waals surface area contributed by atoms with E-state index in [2.05, 4.69) is 24.0 Å². The third-order valence-corrected chi connectivity index (χ3v) is 9.58. The number of aliphatic hydroxyl groups is 1. The van der Waals surface area contributed by atoms with Crippen LogP contribution in [0.3, 0.4) is 0 Å². The van der Waals surface area contributed by atoms with Crippen LogP contribution in [0.15, 0.2) is 30.3 Å². The van der Waals surface area contributed by atoms with Gasteiger partial charge in [0.15, 0.2) is 34.7 Å². The van der Waals surface area contributed by atoms with E-state index in [1.807, 2.05) is 20.2 Å². The summed E-state index contributed by atoms with van der Waals surface area (Å²) in [6.45, 7) is 6.28. The molecule has 42 heavy (non-hydrogen) atoms. The van der Waals surface area contributed by atoms with Gasteiger partial charge in [-0.2, -0.15) is 0 Å². The zero-order valence-electron chi connectivity index (χ0n) is 24.6. The predicted molar refractivity (Wildman–Crippen MR) is 154 cm³/mol. The number of hydrogen-bond donors (Lipinski definition) is 3. The lowest BCUT2D eigenvalue weighted by Crippen LogP contribution is -2.71. The van der Waals surface area contributed by atoms with Gasteiger partial charge in [0.05, 0.1) is 11.5 Å². The van der Waals surface area contributed by atoms with Crippen LogP contribution in [0.1, 0.15) is 54.2 Å². The van der Waals surface area contributed by atoms with Crippen LogP contribution in [0.4, 0.5) is 0 Å². The summed E-state index contributed by atoms with van der Waals surface area (Å²) in [6.07, 6.45) is 1.15. The highest BCUT2D eigenvalue weighted by Gasteiger charge is 2.69. The lowest BCUT2D eigenvalue weighted by atomic mass is 9.49. The van der Waals surface area contributed by atoms with Crippen molar-refractivity contribution in [1.82, 2.24) is 4.90 Å². The molecule has 1 amide bonds. The van der Waals surface area contributed by atoms with Gasteiger partial charge in [-0.05, 0) is 85.1 Å². The van der Waals surface area contributed by atoms with Gasteiger partial charge in [0, 0.05) is 18.4 Å². The molecule has 4 N–H and O–H groups in total. The molecule has 2 fully saturated rings. The van der Waals surface area contributed by atoms with E-state index < -0.39 is 70.1 Å². The smallest absolute Gasteiger partial charge is 0.235 e. The minimum Gasteiger partial charge on any atom is -0.507 e. The largest absolute Gasteiger partial charge is 0.507 e. The average molecular weight is 575 g/mol. The van der Waals surface area contributed by atoms with E-state index in [0.717, 1.165) is 29.7 Å². The quantitative estimate of drug-likeness (QED) is 0.445. The topological polar surface area (TPSA) is 155 Å². The van der Waals surface area contributed by atoms with Gasteiger partial charge in [0.2, 0.25) is 5.91 Å². The molecule has 0 saturated heterocycles. The Morgan fingerprint density at radius 3 is 2.36 bits per heavy atom. The van der Waals surface area contributed by atoms with E-state index in [1.165, 1.54) is 11.6 Å². The van der Waals surface area contributed by atoms with Gasteiger partial charge in [-0.3, -0.25) is 24.0 Å². The standard InChI is InChI=1S/C33H38N2O7/c1-6-16-7-8-17(11-19(16)14-35(4)5)20-9-10-23(36)26-21(20)12-18-13-22-24(15(2)3)28(37)27(32(34)41)31(40)33(22,42)30(39)25(18)29(26)38/h7-11,15,18,22,24-25,27,36,42H,6,12-14H2,1-5H3,(H2,34,41)/t18-,22-,24-,25?,27?,33-/m0/s1. The van der Waals surface area contributed by atoms with Crippen LogP contribution in [-0.4, -0.2) is 63.8 Å². The van der Waals surface area contributed by atoms with Crippen molar-refractivity contribution in [2.24, 2.45) is 41.2 Å². The third-order valence-electron chi connectivity index (χ3n) is 9.58. The van der Waals surface area contributed by atoms with Crippen LogP contribution in [0, 0.1) is 35.5 Å². The second kappa shape index (κ2) is 10.5. The number of carbonyl (C=O) groups excluding carboxylic acids is 5. The Morgan fingerprint density at radius 2 is 1.76 bits per heavy atom. The average Bonchev–Trinajstić information content (AvgIpc) is 2.90. The van der Waals surface area contributed by atoms with E-state index in [9.17, 15) is 34.2 Å². The molecule has 6 atom stereocenters. The Hall–Kier alpha value is -3.69. The van der Waals surface area contributed by atoms with Crippen molar-refractivity contribution in [3.8, 4) is 16.9 Å². The molecule has 2 aromatic rings. The maximum Gasteiger partial charge on any atom is 0.235 e. The summed E-state index contributed by atoms with van der Waals surface area (Å²) in [6, 6.07) is 9.34. The first kappa shape index (κ1) is 29.8. The second-order valence-corrected chi connectivity index (χ2v) is 12.7. The molecule has 222 valence electrons. The number of fused-ring (bicyclic) bond motifs is 3. The molecule has 0 heterocycles. The number of phenolic OH excluding ortho intramolecular Hbond substituents is 1. The molecule has 9 heteroatoms. The van der Waals surface area contributed by atoms with Crippen LogP contribution in [0.25, 0.3) is 11.1 Å². The zero-order chi connectivity index (χ0) is 30.8. The van der Waals surface area contributed by atoms with Crippen LogP contribution in [-0.2, 0) is 38.6 Å². The Labute approximate surface area is 245 Å². The first-order chi connectivity index (χ1) is 19.7. The van der Waals surface area contributed by atoms with Crippen molar-refractivity contribution in [3.63, 3.8) is 0 Å². The first-order valence-corrected chi connectivity index (χ1v) is 14.5. The van der Waals surface area contributed by atoms with E-state index >= 15 is 0 Å². The molecule has 0 bridgehead atoms. The zero-order valence-corrected chi connectivity index (χ0v) is 24.6. The van der Waals surface area contributed by atoms with Crippen LogP contribution >= 0.6 is 0 Å². The van der Waals surface area contributed by atoms with Crippen molar-refractivity contribution >= 4 is 29.0 Å². The van der Waals surface area contributed by atoms with Crippen LogP contribution < -0.4 is 5.73 Å². The summed E-state index contributed by atoms with van der Waals surface area (Å²) in [4.78, 5) is 69.1. The fourth-order valence-electron chi connectivity index (χ4n) is 7.75. The SMILES string of the molecule is CCc1ccc(-c2ccc(O)c3c2C[C@H]2C[C@H]4[C@H](C(C)C)C(=O)C(C(N)=O)C(=O)[C@@]4(O)C(=O)C2C3=O)cc1CN(C)C. The summed E-state index contributed by atoms with van der Waals surface area (Å²) < 4.78 is 0. The molecule has 0 radical (unpaired) electrons. The van der Waals surface area contributed by atoms with Crippen molar-refractivity contribution in [2.45, 2.75) is 52.2 Å². The molecule has 0 aromatic heterocycles. The summed E-state index contributed by atoms with van der Waals surface area (Å²) in [5.41, 5.74) is 7.29. The number of primary amides is 1. The third kappa shape index (κ3) is 4.32. The Kier molecular flexibility index (Phi) is 7.48. The molecule has 2 saturated carbocycles. The highest BCUT2D eigenvalue weighted by Crippen LogP contribution is 2.53. The number of aryl methyl sites for hydroxylation is 1. The normalized spacial score (nSPS) is 29.0. The molecule has 5 rings (SSSR count). The molecule has 3 aliphatic carbocycles. The molecule has 9 nitrogen and oxygen atoms in total. The van der Waals surface area contributed by atoms with Gasteiger partial charge < -0.3 is 20.8 Å². The predicted octanol–water partition coefficient (Wildman–Crippen LogP) is 2.50. The van der Waals surface area contributed by atoms with Crippen molar-refractivity contribution in [3.05, 3.63) is 52.6 Å². The number of Topliss-reactive ketones (excluding diaryl/α,β-unsaturated/α-hetero) is 4. The van der Waals surface area contributed by atoms with Gasteiger partial charge in [-0.15, -0.1) is 0 Å². The van der Waals surface area contributed by atoms with Gasteiger partial charge >= 0.3 is 0 Å². The summed E-state index contributed by atoms with van der Waals surface area (Å²) in [5, 5.41) is 22.6. The maximum absolute atomic E-state index is 14.0. The number of hydrogen-bond acceptors (Lipinski definition) is 8. The first-order valence-electron chi connectivity index (χ1n) is 14.5. The number of nitrogens with two attached hydrogens (primary N) is 1. The van der Waals surface area contributed by atoms with Gasteiger partial charge in [-0.1, -0.05) is 39.0 Å². The second-order valence-electron chi connectivity index (χ2n) is 12.7. The van der Waals surface area contributed by atoms with Crippen LogP contribution in [0.5, 0.6) is 5.75 Å². The number of aromatic hydroxyl groups is 1. The van der Waals surface area contributed by atoms with Gasteiger partial charge in [-0.25, -0.2) is 0 Å². The number of phenols is 1. The monoisotopic (exact) mass is 574 g/mol. The van der Waals surface area contributed by atoms with Gasteiger partial charge in [0.1, 0.15) is 5.75 Å². The number of carbonyl (C=O) groups is 5. The molecule has 0 aliphatic heterocycles. The number of amides is 1. The number of rotatable bonds is 6. The summed E-state index contributed by atoms with van der Waals surface area (Å²) >= 11 is 0. The van der Waals surface area contributed by atoms with Crippen LogP contribution in [0.2, 0.25) is 0 Å². The number of nitrogens with zero attached hydrogens (tertiary/aromatic N) is 1. The number of ketones is 4. The highest BCUT2D eigenvalue weighted by molar-refractivity contribution is 6.32. The Morgan fingerprint density at radius 1 is 1.07 bits per heavy atom. The molecular weight excluding hydrogens is 536 g/mol. The summed E-state index contributed by atoms with van der Waals surface area (Å²) in [5.74, 6) is -11.5. The highest BCUT2D eigenvalue weighted by atomic mass is 16.3. The number of benzene rings is 2. The van der Waals surface area contributed by atoms with E-state index in [4.69, 9.17) is 5.73 Å². The molecule has 0 spiro atoms. The lowest BCUT2D eigenvalue weighted by Gasteiger charge is -2.52. The maximum atomic E-state index is 14.0. The minimum atomic E-state index is -2.69. The van der Waals surface area contributed by atoms with E-state index in [0.29, 0.717) is 5.56 Å².